The Labute approximate surface area is 204 Å². The molecule has 0 spiro atoms. The molecule has 0 atom stereocenters. The van der Waals surface area contributed by atoms with E-state index in [0.29, 0.717) is 24.0 Å². The lowest BCUT2D eigenvalue weighted by molar-refractivity contribution is -0.144. The quantitative estimate of drug-likeness (QED) is 0.422. The van der Waals surface area contributed by atoms with Crippen LogP contribution in [0.15, 0.2) is 36.2 Å². The van der Waals surface area contributed by atoms with Crippen molar-refractivity contribution < 1.29 is 41.0 Å². The number of halogens is 6. The topological polar surface area (TPSA) is 59.4 Å². The fourth-order valence-electron chi connectivity index (χ4n) is 5.01. The zero-order valence-corrected chi connectivity index (χ0v) is 19.5. The number of pyridine rings is 1. The van der Waals surface area contributed by atoms with Gasteiger partial charge < -0.3 is 9.84 Å². The number of aromatic nitrogens is 1. The van der Waals surface area contributed by atoms with Crippen molar-refractivity contribution in [2.24, 2.45) is 11.8 Å². The first kappa shape index (κ1) is 26.0. The molecule has 1 aromatic carbocycles. The Morgan fingerprint density at radius 1 is 0.972 bits per heavy atom. The molecule has 3 aliphatic rings. The van der Waals surface area contributed by atoms with E-state index in [-0.39, 0.29) is 53.4 Å². The highest BCUT2D eigenvalue weighted by molar-refractivity contribution is 6.21. The monoisotopic (exact) mass is 513 g/mol. The molecule has 36 heavy (non-hydrogen) atoms. The predicted octanol–water partition coefficient (Wildman–Crippen LogP) is 7.91. The van der Waals surface area contributed by atoms with Gasteiger partial charge in [0.05, 0.1) is 11.1 Å². The second-order valence-corrected chi connectivity index (χ2v) is 9.39. The van der Waals surface area contributed by atoms with E-state index in [9.17, 15) is 36.2 Å². The maximum absolute atomic E-state index is 13.5. The number of ketones is 1. The third kappa shape index (κ3) is 5.52. The molecule has 2 aromatic rings. The highest BCUT2D eigenvalue weighted by Gasteiger charge is 2.40. The predicted molar refractivity (Wildman–Crippen MR) is 119 cm³/mol. The number of hydrogen-bond donors (Lipinski definition) is 1. The number of allylic oxidation sites excluding steroid dienone is 2. The molecule has 1 fully saturated rings. The molecule has 194 valence electrons. The maximum Gasteiger partial charge on any atom is 0.421 e. The second-order valence-electron chi connectivity index (χ2n) is 9.39. The first-order valence-electron chi connectivity index (χ1n) is 11.8. The van der Waals surface area contributed by atoms with Crippen molar-refractivity contribution in [3.63, 3.8) is 0 Å². The van der Waals surface area contributed by atoms with E-state index in [2.05, 4.69) is 4.98 Å². The number of nitrogens with zero attached hydrogens (tertiary/aromatic N) is 1. The first-order valence-corrected chi connectivity index (χ1v) is 11.8. The smallest absolute Gasteiger partial charge is 0.421 e. The average molecular weight is 513 g/mol. The van der Waals surface area contributed by atoms with Gasteiger partial charge in [0.1, 0.15) is 17.1 Å². The molecule has 10 heteroatoms. The Morgan fingerprint density at radius 2 is 1.61 bits per heavy atom. The number of ether oxygens (including phenoxy) is 1. The van der Waals surface area contributed by atoms with E-state index in [0.717, 1.165) is 25.7 Å². The molecular weight excluding hydrogens is 488 g/mol. The number of carbonyl (C=O) groups excluding carboxylic acids is 1. The first-order chi connectivity index (χ1) is 16.9. The summed E-state index contributed by atoms with van der Waals surface area (Å²) in [6.45, 7) is 1.83. The van der Waals surface area contributed by atoms with E-state index in [4.69, 9.17) is 4.74 Å². The van der Waals surface area contributed by atoms with Gasteiger partial charge in [0, 0.05) is 19.0 Å². The van der Waals surface area contributed by atoms with Crippen LogP contribution in [0, 0.1) is 11.8 Å². The molecule has 1 aromatic heterocycles. The molecule has 5 rings (SSSR count). The molecule has 2 bridgehead atoms. The third-order valence-corrected chi connectivity index (χ3v) is 6.92. The van der Waals surface area contributed by atoms with Crippen LogP contribution in [0.1, 0.15) is 67.7 Å². The van der Waals surface area contributed by atoms with Gasteiger partial charge in [-0.2, -0.15) is 26.3 Å². The number of aliphatic hydroxyl groups excluding tert-OH is 1. The van der Waals surface area contributed by atoms with Gasteiger partial charge in [0.25, 0.3) is 0 Å². The van der Waals surface area contributed by atoms with Crippen molar-refractivity contribution in [1.82, 2.24) is 4.98 Å². The van der Waals surface area contributed by atoms with Crippen molar-refractivity contribution in [1.29, 1.82) is 0 Å². The molecule has 1 saturated carbocycles. The minimum atomic E-state index is -5.15. The van der Waals surface area contributed by atoms with E-state index in [1.165, 1.54) is 12.1 Å². The number of Topliss-reactive ketones (excluding diaryl/α,β-unsaturated/α-hetero) is 1. The second kappa shape index (κ2) is 9.78. The van der Waals surface area contributed by atoms with Crippen LogP contribution in [0.4, 0.5) is 26.3 Å². The zero-order valence-electron chi connectivity index (χ0n) is 19.5. The Hall–Kier alpha value is -3.04. The van der Waals surface area contributed by atoms with Gasteiger partial charge >= 0.3 is 12.4 Å². The molecular formula is C26H25F6NO3. The molecule has 0 radical (unpaired) electrons. The molecule has 1 heterocycles. The minimum Gasteiger partial charge on any atom is -0.512 e. The largest absolute Gasteiger partial charge is 0.512 e. The van der Waals surface area contributed by atoms with Crippen LogP contribution in [-0.4, -0.2) is 15.9 Å². The summed E-state index contributed by atoms with van der Waals surface area (Å²) in [5.41, 5.74) is -2.06. The molecule has 0 aliphatic heterocycles. The summed E-state index contributed by atoms with van der Waals surface area (Å²) in [5, 5.41) is 11.0. The lowest BCUT2D eigenvalue weighted by Gasteiger charge is -2.26. The summed E-state index contributed by atoms with van der Waals surface area (Å²) in [5.74, 6) is -1.01. The van der Waals surface area contributed by atoms with Crippen molar-refractivity contribution in [2.45, 2.75) is 64.2 Å². The zero-order chi connectivity index (χ0) is 26.3. The summed E-state index contributed by atoms with van der Waals surface area (Å²) < 4.78 is 84.9. The van der Waals surface area contributed by atoms with Gasteiger partial charge in [-0.05, 0) is 73.3 Å². The SMILES string of the molecule is CCc1ccc(Oc2ncc(C(F)(F)F)cc2C(F)(F)F)cc1/C1=C(\O)C[C@H]2CC[C@H](CC2)CC1=O. The van der Waals surface area contributed by atoms with Crippen LogP contribution in [-0.2, 0) is 23.6 Å². The van der Waals surface area contributed by atoms with Gasteiger partial charge in [-0.25, -0.2) is 4.98 Å². The van der Waals surface area contributed by atoms with Crippen LogP contribution in [0.2, 0.25) is 0 Å². The molecule has 0 saturated heterocycles. The Morgan fingerprint density at radius 3 is 2.19 bits per heavy atom. The number of alkyl halides is 6. The van der Waals surface area contributed by atoms with E-state index in [1.807, 2.05) is 6.92 Å². The summed E-state index contributed by atoms with van der Waals surface area (Å²) >= 11 is 0. The summed E-state index contributed by atoms with van der Waals surface area (Å²) in [6, 6.07) is 4.23. The maximum atomic E-state index is 13.5. The summed E-state index contributed by atoms with van der Waals surface area (Å²) in [7, 11) is 0. The molecule has 4 nitrogen and oxygen atoms in total. The van der Waals surface area contributed by atoms with Gasteiger partial charge in [0.15, 0.2) is 5.78 Å². The highest BCUT2D eigenvalue weighted by Crippen LogP contribution is 2.43. The Balaban J connectivity index is 1.76. The summed E-state index contributed by atoms with van der Waals surface area (Å²) in [6.07, 6.45) is -5.18. The molecule has 3 aliphatic carbocycles. The van der Waals surface area contributed by atoms with Gasteiger partial charge in [0.2, 0.25) is 5.88 Å². The average Bonchev–Trinajstić information content (AvgIpc) is 2.88. The van der Waals surface area contributed by atoms with Crippen molar-refractivity contribution in [3.8, 4) is 11.6 Å². The molecule has 0 unspecified atom stereocenters. The van der Waals surface area contributed by atoms with Crippen molar-refractivity contribution >= 4 is 11.4 Å². The van der Waals surface area contributed by atoms with E-state index in [1.54, 1.807) is 6.07 Å². The number of aryl methyl sites for hydroxylation is 1. The number of benzene rings is 1. The van der Waals surface area contributed by atoms with Crippen LogP contribution in [0.5, 0.6) is 11.6 Å². The van der Waals surface area contributed by atoms with Crippen LogP contribution in [0.3, 0.4) is 0 Å². The van der Waals surface area contributed by atoms with Crippen LogP contribution in [0.25, 0.3) is 5.57 Å². The molecule has 0 amide bonds. The Bertz CT molecular complexity index is 1180. The third-order valence-electron chi connectivity index (χ3n) is 6.92. The lowest BCUT2D eigenvalue weighted by Crippen LogP contribution is -2.15. The van der Waals surface area contributed by atoms with Gasteiger partial charge in [-0.1, -0.05) is 13.0 Å². The lowest BCUT2D eigenvalue weighted by atomic mass is 9.79. The van der Waals surface area contributed by atoms with Gasteiger partial charge in [-0.3, -0.25) is 4.79 Å². The van der Waals surface area contributed by atoms with Gasteiger partial charge in [-0.15, -0.1) is 0 Å². The normalized spacial score (nSPS) is 23.2. The van der Waals surface area contributed by atoms with Crippen molar-refractivity contribution in [2.75, 3.05) is 0 Å². The fourth-order valence-corrected chi connectivity index (χ4v) is 5.01. The number of aliphatic hydroxyl groups is 1. The number of rotatable bonds is 4. The molecule has 1 N–H and O–H groups in total. The van der Waals surface area contributed by atoms with Crippen LogP contribution < -0.4 is 4.74 Å². The highest BCUT2D eigenvalue weighted by atomic mass is 19.4. The number of fused-ring (bicyclic) bond motifs is 5. The number of carbonyl (C=O) groups is 1. The van der Waals surface area contributed by atoms with Crippen molar-refractivity contribution in [3.05, 3.63) is 58.5 Å². The number of hydrogen-bond acceptors (Lipinski definition) is 4. The van der Waals surface area contributed by atoms with E-state index < -0.39 is 29.4 Å². The standard InChI is InChI=1S/C26H25F6NO3/c1-2-16-7-8-18(36-24-20(26(30,31)32)11-17(13-33-24)25(27,28)29)12-19(16)23-21(34)9-14-3-4-15(6-5-14)10-22(23)35/h7-8,11-15,34H,2-6,9-10H2,1H3/b23-21+/t14-,15+. The fraction of sp³-hybridized carbons (Fsp3) is 0.462. The minimum absolute atomic E-state index is 0.0460. The Kier molecular flexibility index (Phi) is 7.07. The van der Waals surface area contributed by atoms with Crippen LogP contribution >= 0.6 is 0 Å². The summed E-state index contributed by atoms with van der Waals surface area (Å²) in [4.78, 5) is 16.5. The van der Waals surface area contributed by atoms with E-state index >= 15 is 0 Å².